The highest BCUT2D eigenvalue weighted by Gasteiger charge is 2.29. The fourth-order valence-corrected chi connectivity index (χ4v) is 5.80. The fraction of sp³-hybridized carbons (Fsp3) is 0.423. The molecular weight excluding hydrogens is 481 g/mol. The number of halogens is 1. The number of rotatable bonds is 6. The van der Waals surface area contributed by atoms with Crippen LogP contribution in [0.5, 0.6) is 11.5 Å². The standard InChI is InChI=1S/C26H28FN5O3S/c27-18-14-32(9-6-16-5-8-28-20-2-3-21-25(24(16)20)35-12-11-34-21)10-7-19(18)29-13-17-1-4-22-26(30-17)31-23(33)15-36-22/h1-5,8,18-19,29H,6-7,9-15H2,(H,30,31,33)/t18-,19-/m1/s1. The number of nitrogens with zero attached hydrogens (tertiary/aromatic N) is 3. The molecule has 36 heavy (non-hydrogen) atoms. The predicted octanol–water partition coefficient (Wildman–Crippen LogP) is 3.19. The Balaban J connectivity index is 1.05. The molecule has 3 aromatic rings. The Morgan fingerprint density at radius 3 is 3.03 bits per heavy atom. The van der Waals surface area contributed by atoms with Crippen LogP contribution in [0.1, 0.15) is 17.7 Å². The first-order valence-electron chi connectivity index (χ1n) is 12.3. The molecule has 2 aromatic heterocycles. The highest BCUT2D eigenvalue weighted by atomic mass is 32.2. The maximum atomic E-state index is 15.1. The molecule has 0 unspecified atom stereocenters. The number of piperidine rings is 1. The normalized spacial score (nSPS) is 21.8. The summed E-state index contributed by atoms with van der Waals surface area (Å²) >= 11 is 1.49. The molecule has 1 fully saturated rings. The Morgan fingerprint density at radius 2 is 2.11 bits per heavy atom. The number of likely N-dealkylation sites (tertiary alicyclic amines) is 1. The number of thioether (sulfide) groups is 1. The van der Waals surface area contributed by atoms with Gasteiger partial charge in [-0.3, -0.25) is 14.7 Å². The molecule has 5 heterocycles. The van der Waals surface area contributed by atoms with Crippen molar-refractivity contribution in [3.63, 3.8) is 0 Å². The minimum atomic E-state index is -0.967. The van der Waals surface area contributed by atoms with E-state index in [1.165, 1.54) is 11.8 Å². The summed E-state index contributed by atoms with van der Waals surface area (Å²) in [6, 6.07) is 9.58. The number of nitrogens with one attached hydrogen (secondary N) is 2. The maximum Gasteiger partial charge on any atom is 0.235 e. The number of hydrogen-bond donors (Lipinski definition) is 2. The highest BCUT2D eigenvalue weighted by Crippen LogP contribution is 2.39. The number of ether oxygens (including phenoxy) is 2. The zero-order chi connectivity index (χ0) is 24.5. The van der Waals surface area contributed by atoms with Crippen LogP contribution in [0.3, 0.4) is 0 Å². The number of aromatic nitrogens is 2. The first-order chi connectivity index (χ1) is 17.6. The van der Waals surface area contributed by atoms with Crippen molar-refractivity contribution in [1.29, 1.82) is 0 Å². The van der Waals surface area contributed by atoms with Crippen molar-refractivity contribution >= 4 is 34.4 Å². The highest BCUT2D eigenvalue weighted by molar-refractivity contribution is 8.00. The van der Waals surface area contributed by atoms with Crippen molar-refractivity contribution in [2.75, 3.05) is 43.9 Å². The summed E-state index contributed by atoms with van der Waals surface area (Å²) in [5.41, 5.74) is 2.82. The molecule has 1 amide bonds. The van der Waals surface area contributed by atoms with Crippen LogP contribution in [0, 0.1) is 0 Å². The molecular formula is C26H28FN5O3S. The lowest BCUT2D eigenvalue weighted by Crippen LogP contribution is -2.51. The summed E-state index contributed by atoms with van der Waals surface area (Å²) in [5, 5.41) is 7.14. The van der Waals surface area contributed by atoms with Gasteiger partial charge in [0.1, 0.15) is 25.2 Å². The third kappa shape index (κ3) is 4.85. The number of carbonyl (C=O) groups excluding carboxylic acids is 1. The number of amides is 1. The lowest BCUT2D eigenvalue weighted by Gasteiger charge is -2.35. The number of benzene rings is 1. The SMILES string of the molecule is O=C1CSc2ccc(CN[C@@H]3CCN(CCc4ccnc5ccc6c(c45)OCCO6)C[C@H]3F)nc2N1. The van der Waals surface area contributed by atoms with E-state index in [2.05, 4.69) is 25.5 Å². The Labute approximate surface area is 213 Å². The van der Waals surface area contributed by atoms with Crippen molar-refractivity contribution in [1.82, 2.24) is 20.2 Å². The summed E-state index contributed by atoms with van der Waals surface area (Å²) in [5.74, 6) is 2.50. The van der Waals surface area contributed by atoms with Gasteiger partial charge < -0.3 is 20.1 Å². The smallest absolute Gasteiger partial charge is 0.235 e. The number of carbonyl (C=O) groups is 1. The van der Waals surface area contributed by atoms with Crippen LogP contribution in [0.25, 0.3) is 10.9 Å². The second kappa shape index (κ2) is 10.2. The summed E-state index contributed by atoms with van der Waals surface area (Å²) in [6.45, 7) is 3.52. The number of hydrogen-bond acceptors (Lipinski definition) is 8. The van der Waals surface area contributed by atoms with E-state index in [0.717, 1.165) is 64.5 Å². The average Bonchev–Trinajstić information content (AvgIpc) is 2.91. The van der Waals surface area contributed by atoms with Crippen LogP contribution < -0.4 is 20.1 Å². The lowest BCUT2D eigenvalue weighted by atomic mass is 10.0. The molecule has 0 aliphatic carbocycles. The Kier molecular flexibility index (Phi) is 6.64. The predicted molar refractivity (Wildman–Crippen MR) is 137 cm³/mol. The van der Waals surface area contributed by atoms with Crippen molar-refractivity contribution in [3.8, 4) is 11.5 Å². The van der Waals surface area contributed by atoms with Gasteiger partial charge in [0.2, 0.25) is 5.91 Å². The Morgan fingerprint density at radius 1 is 1.19 bits per heavy atom. The van der Waals surface area contributed by atoms with Gasteiger partial charge in [0, 0.05) is 37.3 Å². The van der Waals surface area contributed by atoms with Gasteiger partial charge in [-0.05, 0) is 55.3 Å². The van der Waals surface area contributed by atoms with E-state index in [4.69, 9.17) is 9.47 Å². The van der Waals surface area contributed by atoms with Gasteiger partial charge in [-0.2, -0.15) is 0 Å². The topological polar surface area (TPSA) is 88.6 Å². The molecule has 3 aliphatic rings. The molecule has 0 spiro atoms. The molecule has 188 valence electrons. The number of anilines is 1. The Hall–Kier alpha value is -2.95. The van der Waals surface area contributed by atoms with E-state index < -0.39 is 6.17 Å². The molecule has 2 N–H and O–H groups in total. The lowest BCUT2D eigenvalue weighted by molar-refractivity contribution is -0.113. The van der Waals surface area contributed by atoms with E-state index in [1.54, 1.807) is 0 Å². The first kappa shape index (κ1) is 23.4. The van der Waals surface area contributed by atoms with Crippen LogP contribution >= 0.6 is 11.8 Å². The van der Waals surface area contributed by atoms with Crippen molar-refractivity contribution < 1.29 is 18.7 Å². The second-order valence-electron chi connectivity index (χ2n) is 9.28. The zero-order valence-corrected chi connectivity index (χ0v) is 20.7. The van der Waals surface area contributed by atoms with Crippen molar-refractivity contribution in [3.05, 3.63) is 47.8 Å². The molecule has 2 atom stereocenters. The van der Waals surface area contributed by atoms with Gasteiger partial charge in [-0.15, -0.1) is 11.8 Å². The van der Waals surface area contributed by atoms with Gasteiger partial charge in [0.25, 0.3) is 0 Å². The molecule has 1 saturated heterocycles. The van der Waals surface area contributed by atoms with E-state index >= 15 is 4.39 Å². The Bertz CT molecular complexity index is 1290. The molecule has 6 rings (SSSR count). The van der Waals surface area contributed by atoms with Gasteiger partial charge >= 0.3 is 0 Å². The third-order valence-electron chi connectivity index (χ3n) is 6.90. The number of fused-ring (bicyclic) bond motifs is 4. The minimum absolute atomic E-state index is 0.0400. The monoisotopic (exact) mass is 509 g/mol. The van der Waals surface area contributed by atoms with Crippen LogP contribution in [0.2, 0.25) is 0 Å². The summed E-state index contributed by atoms with van der Waals surface area (Å²) < 4.78 is 26.8. The van der Waals surface area contributed by atoms with Crippen LogP contribution in [-0.2, 0) is 17.8 Å². The zero-order valence-electron chi connectivity index (χ0n) is 19.8. The number of pyridine rings is 2. The fourth-order valence-electron chi connectivity index (χ4n) is 5.04. The quantitative estimate of drug-likeness (QED) is 0.524. The van der Waals surface area contributed by atoms with Crippen LogP contribution in [0.4, 0.5) is 10.2 Å². The molecule has 1 aromatic carbocycles. The van der Waals surface area contributed by atoms with Gasteiger partial charge in [-0.1, -0.05) is 0 Å². The van der Waals surface area contributed by atoms with Crippen molar-refractivity contribution in [2.45, 2.75) is 36.5 Å². The van der Waals surface area contributed by atoms with E-state index in [-0.39, 0.29) is 11.9 Å². The minimum Gasteiger partial charge on any atom is -0.486 e. The summed E-state index contributed by atoms with van der Waals surface area (Å²) in [6.07, 6.45) is 2.36. The second-order valence-corrected chi connectivity index (χ2v) is 10.3. The maximum absolute atomic E-state index is 15.1. The van der Waals surface area contributed by atoms with Crippen LogP contribution in [-0.4, -0.2) is 71.6 Å². The average molecular weight is 510 g/mol. The van der Waals surface area contributed by atoms with Crippen LogP contribution in [0.15, 0.2) is 41.4 Å². The van der Waals surface area contributed by atoms with Gasteiger partial charge in [-0.25, -0.2) is 9.37 Å². The molecule has 8 nitrogen and oxygen atoms in total. The molecule has 0 bridgehead atoms. The first-order valence-corrected chi connectivity index (χ1v) is 13.3. The number of alkyl halides is 1. The van der Waals surface area contributed by atoms with E-state index in [9.17, 15) is 4.79 Å². The summed E-state index contributed by atoms with van der Waals surface area (Å²) in [4.78, 5) is 23.8. The largest absolute Gasteiger partial charge is 0.486 e. The summed E-state index contributed by atoms with van der Waals surface area (Å²) in [7, 11) is 0. The molecule has 0 saturated carbocycles. The molecule has 0 radical (unpaired) electrons. The van der Waals surface area contributed by atoms with E-state index in [0.29, 0.717) is 37.9 Å². The third-order valence-corrected chi connectivity index (χ3v) is 7.95. The van der Waals surface area contributed by atoms with E-state index in [1.807, 2.05) is 36.5 Å². The van der Waals surface area contributed by atoms with Gasteiger partial charge in [0.15, 0.2) is 11.5 Å². The molecule has 3 aliphatic heterocycles. The molecule has 10 heteroatoms. The van der Waals surface area contributed by atoms with Crippen molar-refractivity contribution in [2.24, 2.45) is 0 Å². The van der Waals surface area contributed by atoms with Gasteiger partial charge in [0.05, 0.1) is 21.9 Å².